The minimum absolute atomic E-state index is 0.579. The Bertz CT molecular complexity index is 400. The SMILES string of the molecule is CCC(C)c1cccc2ccoc12. The molecule has 1 heterocycles. The Balaban J connectivity index is 2.60. The van der Waals surface area contributed by atoms with Crippen LogP contribution >= 0.6 is 0 Å². The van der Waals surface area contributed by atoms with Gasteiger partial charge in [0, 0.05) is 5.39 Å². The highest BCUT2D eigenvalue weighted by atomic mass is 16.3. The molecule has 0 fully saturated rings. The lowest BCUT2D eigenvalue weighted by Crippen LogP contribution is -1.90. The summed E-state index contributed by atoms with van der Waals surface area (Å²) in [6, 6.07) is 8.35. The summed E-state index contributed by atoms with van der Waals surface area (Å²) in [6.45, 7) is 4.43. The standard InChI is InChI=1S/C12H14O/c1-3-9(2)11-6-4-5-10-7-8-13-12(10)11/h4-9H,3H2,1-2H3. The Morgan fingerprint density at radius 3 is 2.92 bits per heavy atom. The van der Waals surface area contributed by atoms with E-state index in [9.17, 15) is 0 Å². The second-order valence-corrected chi connectivity index (χ2v) is 3.50. The molecule has 0 N–H and O–H groups in total. The molecule has 0 radical (unpaired) electrons. The summed E-state index contributed by atoms with van der Waals surface area (Å²) < 4.78 is 5.47. The zero-order valence-corrected chi connectivity index (χ0v) is 8.08. The van der Waals surface area contributed by atoms with Crippen LogP contribution in [0.25, 0.3) is 11.0 Å². The third-order valence-corrected chi connectivity index (χ3v) is 2.65. The zero-order valence-electron chi connectivity index (χ0n) is 8.08. The second kappa shape index (κ2) is 3.25. The molecule has 0 saturated carbocycles. The largest absolute Gasteiger partial charge is 0.464 e. The molecule has 0 aliphatic heterocycles. The van der Waals surface area contributed by atoms with Crippen LogP contribution in [-0.4, -0.2) is 0 Å². The molecule has 1 nitrogen and oxygen atoms in total. The van der Waals surface area contributed by atoms with Crippen LogP contribution in [0.3, 0.4) is 0 Å². The first-order valence-corrected chi connectivity index (χ1v) is 4.79. The minimum Gasteiger partial charge on any atom is -0.464 e. The highest BCUT2D eigenvalue weighted by Gasteiger charge is 2.08. The third kappa shape index (κ3) is 1.35. The summed E-state index contributed by atoms with van der Waals surface area (Å²) in [7, 11) is 0. The molecule has 1 atom stereocenters. The van der Waals surface area contributed by atoms with E-state index in [4.69, 9.17) is 4.42 Å². The topological polar surface area (TPSA) is 13.1 Å². The summed E-state index contributed by atoms with van der Waals surface area (Å²) in [5.41, 5.74) is 2.38. The van der Waals surface area contributed by atoms with Crippen LogP contribution in [0.2, 0.25) is 0 Å². The number of para-hydroxylation sites is 1. The molecule has 2 rings (SSSR count). The van der Waals surface area contributed by atoms with Crippen molar-refractivity contribution < 1.29 is 4.42 Å². The van der Waals surface area contributed by atoms with E-state index in [0.717, 1.165) is 12.0 Å². The normalized spacial score (nSPS) is 13.4. The van der Waals surface area contributed by atoms with Gasteiger partial charge in [-0.05, 0) is 24.0 Å². The maximum atomic E-state index is 5.47. The Labute approximate surface area is 78.4 Å². The molecule has 68 valence electrons. The summed E-state index contributed by atoms with van der Waals surface area (Å²) in [5, 5.41) is 1.21. The third-order valence-electron chi connectivity index (χ3n) is 2.65. The average Bonchev–Trinajstić information content (AvgIpc) is 2.63. The molecule has 2 aromatic rings. The molecule has 1 aromatic carbocycles. The molecule has 0 amide bonds. The van der Waals surface area contributed by atoms with Crippen molar-refractivity contribution in [1.82, 2.24) is 0 Å². The Morgan fingerprint density at radius 2 is 2.15 bits per heavy atom. The first-order valence-electron chi connectivity index (χ1n) is 4.79. The average molecular weight is 174 g/mol. The van der Waals surface area contributed by atoms with E-state index in [1.807, 2.05) is 6.07 Å². The number of hydrogen-bond acceptors (Lipinski definition) is 1. The van der Waals surface area contributed by atoms with E-state index in [2.05, 4.69) is 32.0 Å². The number of rotatable bonds is 2. The summed E-state index contributed by atoms with van der Waals surface area (Å²) >= 11 is 0. The fourth-order valence-corrected chi connectivity index (χ4v) is 1.62. The van der Waals surface area contributed by atoms with E-state index < -0.39 is 0 Å². The van der Waals surface area contributed by atoms with Crippen molar-refractivity contribution in [3.05, 3.63) is 36.1 Å². The van der Waals surface area contributed by atoms with Gasteiger partial charge in [-0.15, -0.1) is 0 Å². The van der Waals surface area contributed by atoms with Gasteiger partial charge in [-0.25, -0.2) is 0 Å². The minimum atomic E-state index is 0.579. The van der Waals surface area contributed by atoms with Crippen molar-refractivity contribution in [2.45, 2.75) is 26.2 Å². The second-order valence-electron chi connectivity index (χ2n) is 3.50. The predicted molar refractivity (Wildman–Crippen MR) is 54.9 cm³/mol. The first kappa shape index (κ1) is 8.36. The van der Waals surface area contributed by atoms with Gasteiger partial charge in [-0.2, -0.15) is 0 Å². The molecular weight excluding hydrogens is 160 g/mol. The van der Waals surface area contributed by atoms with Crippen molar-refractivity contribution in [3.63, 3.8) is 0 Å². The number of furan rings is 1. The molecule has 13 heavy (non-hydrogen) atoms. The van der Waals surface area contributed by atoms with Crippen LogP contribution in [0.5, 0.6) is 0 Å². The van der Waals surface area contributed by atoms with Gasteiger partial charge in [-0.3, -0.25) is 0 Å². The molecule has 1 heteroatoms. The van der Waals surface area contributed by atoms with Crippen molar-refractivity contribution >= 4 is 11.0 Å². The lowest BCUT2D eigenvalue weighted by atomic mass is 9.97. The lowest BCUT2D eigenvalue weighted by Gasteiger charge is -2.08. The van der Waals surface area contributed by atoms with Gasteiger partial charge in [0.1, 0.15) is 5.58 Å². The van der Waals surface area contributed by atoms with Crippen molar-refractivity contribution in [1.29, 1.82) is 0 Å². The van der Waals surface area contributed by atoms with Gasteiger partial charge in [0.05, 0.1) is 6.26 Å². The first-order chi connectivity index (χ1) is 6.33. The van der Waals surface area contributed by atoms with Gasteiger partial charge in [0.2, 0.25) is 0 Å². The van der Waals surface area contributed by atoms with E-state index in [0.29, 0.717) is 5.92 Å². The van der Waals surface area contributed by atoms with Crippen LogP contribution in [0.1, 0.15) is 31.7 Å². The van der Waals surface area contributed by atoms with Crippen LogP contribution in [0.15, 0.2) is 34.9 Å². The fourth-order valence-electron chi connectivity index (χ4n) is 1.62. The lowest BCUT2D eigenvalue weighted by molar-refractivity contribution is 0.602. The molecular formula is C12H14O. The number of benzene rings is 1. The molecule has 0 bridgehead atoms. The van der Waals surface area contributed by atoms with E-state index in [1.54, 1.807) is 6.26 Å². The number of fused-ring (bicyclic) bond motifs is 1. The summed E-state index contributed by atoms with van der Waals surface area (Å²) in [5.74, 6) is 0.579. The highest BCUT2D eigenvalue weighted by Crippen LogP contribution is 2.27. The molecule has 0 saturated heterocycles. The smallest absolute Gasteiger partial charge is 0.137 e. The highest BCUT2D eigenvalue weighted by molar-refractivity contribution is 5.80. The predicted octanol–water partition coefficient (Wildman–Crippen LogP) is 3.95. The van der Waals surface area contributed by atoms with Gasteiger partial charge in [0.25, 0.3) is 0 Å². The van der Waals surface area contributed by atoms with Gasteiger partial charge < -0.3 is 4.42 Å². The zero-order chi connectivity index (χ0) is 9.26. The maximum absolute atomic E-state index is 5.47. The van der Waals surface area contributed by atoms with Crippen LogP contribution in [-0.2, 0) is 0 Å². The monoisotopic (exact) mass is 174 g/mol. The summed E-state index contributed by atoms with van der Waals surface area (Å²) in [6.07, 6.45) is 2.91. The fraction of sp³-hybridized carbons (Fsp3) is 0.333. The Kier molecular flexibility index (Phi) is 2.09. The van der Waals surface area contributed by atoms with Gasteiger partial charge >= 0.3 is 0 Å². The Morgan fingerprint density at radius 1 is 1.31 bits per heavy atom. The van der Waals surface area contributed by atoms with Gasteiger partial charge in [-0.1, -0.05) is 32.0 Å². The molecule has 1 aromatic heterocycles. The van der Waals surface area contributed by atoms with E-state index in [1.165, 1.54) is 10.9 Å². The summed E-state index contributed by atoms with van der Waals surface area (Å²) in [4.78, 5) is 0. The van der Waals surface area contributed by atoms with Crippen LogP contribution < -0.4 is 0 Å². The van der Waals surface area contributed by atoms with Crippen LogP contribution in [0, 0.1) is 0 Å². The molecule has 0 spiro atoms. The molecule has 1 unspecified atom stereocenters. The quantitative estimate of drug-likeness (QED) is 0.672. The molecule has 0 aliphatic rings. The van der Waals surface area contributed by atoms with Crippen LogP contribution in [0.4, 0.5) is 0 Å². The Hall–Kier alpha value is -1.24. The maximum Gasteiger partial charge on any atom is 0.137 e. The van der Waals surface area contributed by atoms with E-state index in [-0.39, 0.29) is 0 Å². The number of hydrogen-bond donors (Lipinski definition) is 0. The van der Waals surface area contributed by atoms with Crippen molar-refractivity contribution in [3.8, 4) is 0 Å². The van der Waals surface area contributed by atoms with Crippen molar-refractivity contribution in [2.24, 2.45) is 0 Å². The van der Waals surface area contributed by atoms with E-state index >= 15 is 0 Å². The van der Waals surface area contributed by atoms with Crippen molar-refractivity contribution in [2.75, 3.05) is 0 Å². The molecule has 0 aliphatic carbocycles. The van der Waals surface area contributed by atoms with Gasteiger partial charge in [0.15, 0.2) is 0 Å².